The first-order valence-electron chi connectivity index (χ1n) is 5.91. The molecule has 19 heavy (non-hydrogen) atoms. The van der Waals surface area contributed by atoms with Crippen LogP contribution in [0.15, 0.2) is 24.3 Å². The van der Waals surface area contributed by atoms with Gasteiger partial charge in [0, 0.05) is 6.54 Å². The van der Waals surface area contributed by atoms with Crippen LogP contribution in [0.3, 0.4) is 0 Å². The lowest BCUT2D eigenvalue weighted by atomic mass is 10.1. The topological polar surface area (TPSA) is 78.4 Å². The summed E-state index contributed by atoms with van der Waals surface area (Å²) < 4.78 is 12.9. The highest BCUT2D eigenvalue weighted by molar-refractivity contribution is 5.82. The average molecular weight is 268 g/mol. The van der Waals surface area contributed by atoms with Crippen molar-refractivity contribution in [3.63, 3.8) is 0 Å². The van der Waals surface area contributed by atoms with Gasteiger partial charge in [0.05, 0.1) is 0 Å². The highest BCUT2D eigenvalue weighted by Gasteiger charge is 2.23. The fourth-order valence-electron chi connectivity index (χ4n) is 1.54. The third-order valence-electron chi connectivity index (χ3n) is 2.56. The second-order valence-electron chi connectivity index (χ2n) is 4.52. The first-order valence-corrected chi connectivity index (χ1v) is 5.91. The van der Waals surface area contributed by atoms with Crippen LogP contribution < -0.4 is 10.6 Å². The van der Waals surface area contributed by atoms with Gasteiger partial charge in [0.25, 0.3) is 0 Å². The van der Waals surface area contributed by atoms with Gasteiger partial charge < -0.3 is 15.7 Å². The molecule has 0 aliphatic heterocycles. The summed E-state index contributed by atoms with van der Waals surface area (Å²) in [4.78, 5) is 22.4. The van der Waals surface area contributed by atoms with Crippen molar-refractivity contribution in [2.45, 2.75) is 26.4 Å². The van der Waals surface area contributed by atoms with Crippen molar-refractivity contribution in [1.29, 1.82) is 0 Å². The van der Waals surface area contributed by atoms with E-state index in [0.717, 1.165) is 0 Å². The van der Waals surface area contributed by atoms with Crippen LogP contribution in [0.5, 0.6) is 0 Å². The summed E-state index contributed by atoms with van der Waals surface area (Å²) in [6.45, 7) is 3.53. The van der Waals surface area contributed by atoms with Crippen molar-refractivity contribution >= 4 is 12.0 Å². The van der Waals surface area contributed by atoms with E-state index in [1.807, 2.05) is 0 Å². The lowest BCUT2D eigenvalue weighted by molar-refractivity contribution is -0.140. The Morgan fingerprint density at radius 3 is 2.58 bits per heavy atom. The van der Waals surface area contributed by atoms with Crippen LogP contribution in [0.4, 0.5) is 9.18 Å². The minimum absolute atomic E-state index is 0.133. The molecule has 6 heteroatoms. The Hall–Kier alpha value is -2.11. The van der Waals surface area contributed by atoms with E-state index >= 15 is 0 Å². The van der Waals surface area contributed by atoms with Crippen molar-refractivity contribution in [3.05, 3.63) is 35.6 Å². The van der Waals surface area contributed by atoms with E-state index < -0.39 is 18.0 Å². The van der Waals surface area contributed by atoms with Gasteiger partial charge in [-0.25, -0.2) is 14.0 Å². The number of benzene rings is 1. The lowest BCUT2D eigenvalue weighted by Crippen LogP contribution is -2.48. The predicted octanol–water partition coefficient (Wildman–Crippen LogP) is 1.73. The molecule has 0 heterocycles. The summed E-state index contributed by atoms with van der Waals surface area (Å²) >= 11 is 0. The molecule has 2 amide bonds. The molecule has 3 N–H and O–H groups in total. The van der Waals surface area contributed by atoms with Crippen LogP contribution in [-0.4, -0.2) is 23.1 Å². The monoisotopic (exact) mass is 268 g/mol. The van der Waals surface area contributed by atoms with Gasteiger partial charge in [-0.3, -0.25) is 0 Å². The van der Waals surface area contributed by atoms with E-state index in [-0.39, 0.29) is 18.3 Å². The first-order chi connectivity index (χ1) is 8.90. The Morgan fingerprint density at radius 2 is 2.05 bits per heavy atom. The van der Waals surface area contributed by atoms with Crippen LogP contribution in [0.1, 0.15) is 19.4 Å². The molecule has 0 radical (unpaired) electrons. The lowest BCUT2D eigenvalue weighted by Gasteiger charge is -2.18. The second kappa shape index (κ2) is 6.72. The molecule has 0 saturated heterocycles. The Morgan fingerprint density at radius 1 is 1.37 bits per heavy atom. The van der Waals surface area contributed by atoms with Crippen molar-refractivity contribution in [2.24, 2.45) is 5.92 Å². The Balaban J connectivity index is 2.49. The standard InChI is InChI=1S/C13H17FN2O3/c1-8(2)11(12(17)18)16-13(19)15-7-9-4-3-5-10(14)6-9/h3-6,8,11H,7H2,1-2H3,(H,17,18)(H2,15,16,19)/t11-/m1/s1. The Kier molecular flexibility index (Phi) is 5.29. The molecule has 0 saturated carbocycles. The minimum Gasteiger partial charge on any atom is -0.480 e. The van der Waals surface area contributed by atoms with Crippen LogP contribution in [0.25, 0.3) is 0 Å². The number of rotatable bonds is 5. The molecule has 0 aromatic heterocycles. The van der Waals surface area contributed by atoms with Crippen LogP contribution in [0, 0.1) is 11.7 Å². The number of hydrogen-bond acceptors (Lipinski definition) is 2. The van der Waals surface area contributed by atoms with Gasteiger partial charge in [-0.05, 0) is 23.6 Å². The van der Waals surface area contributed by atoms with Crippen molar-refractivity contribution < 1.29 is 19.1 Å². The summed E-state index contributed by atoms with van der Waals surface area (Å²) in [7, 11) is 0. The molecule has 1 aromatic rings. The van der Waals surface area contributed by atoms with Gasteiger partial charge in [-0.2, -0.15) is 0 Å². The van der Waals surface area contributed by atoms with Crippen molar-refractivity contribution in [1.82, 2.24) is 10.6 Å². The number of urea groups is 1. The fraction of sp³-hybridized carbons (Fsp3) is 0.385. The van der Waals surface area contributed by atoms with Crippen LogP contribution in [0.2, 0.25) is 0 Å². The predicted molar refractivity (Wildman–Crippen MR) is 68.0 cm³/mol. The molecule has 104 valence electrons. The SMILES string of the molecule is CC(C)[C@@H](NC(=O)NCc1cccc(F)c1)C(=O)O. The zero-order valence-corrected chi connectivity index (χ0v) is 10.8. The zero-order chi connectivity index (χ0) is 14.4. The van der Waals surface area contributed by atoms with Crippen LogP contribution >= 0.6 is 0 Å². The number of aliphatic carboxylic acids is 1. The van der Waals surface area contributed by atoms with E-state index in [1.54, 1.807) is 26.0 Å². The van der Waals surface area contributed by atoms with E-state index in [0.29, 0.717) is 5.56 Å². The highest BCUT2D eigenvalue weighted by Crippen LogP contribution is 2.04. The minimum atomic E-state index is -1.09. The molecule has 0 unspecified atom stereocenters. The number of carbonyl (C=O) groups is 2. The van der Waals surface area contributed by atoms with Gasteiger partial charge >= 0.3 is 12.0 Å². The normalized spacial score (nSPS) is 12.0. The van der Waals surface area contributed by atoms with Gasteiger partial charge in [0.2, 0.25) is 0 Å². The van der Waals surface area contributed by atoms with Gasteiger partial charge in [-0.15, -0.1) is 0 Å². The molecular formula is C13H17FN2O3. The molecule has 0 fully saturated rings. The van der Waals surface area contributed by atoms with E-state index in [9.17, 15) is 14.0 Å². The maximum Gasteiger partial charge on any atom is 0.326 e. The maximum atomic E-state index is 12.9. The highest BCUT2D eigenvalue weighted by atomic mass is 19.1. The summed E-state index contributed by atoms with van der Waals surface area (Å²) in [5.41, 5.74) is 0.603. The summed E-state index contributed by atoms with van der Waals surface area (Å²) in [6.07, 6.45) is 0. The smallest absolute Gasteiger partial charge is 0.326 e. The molecule has 0 spiro atoms. The quantitative estimate of drug-likeness (QED) is 0.761. The number of carboxylic acid groups (broad SMARTS) is 1. The third-order valence-corrected chi connectivity index (χ3v) is 2.56. The molecule has 1 rings (SSSR count). The molecule has 0 aliphatic rings. The summed E-state index contributed by atoms with van der Waals surface area (Å²) in [5.74, 6) is -1.70. The van der Waals surface area contributed by atoms with Crippen LogP contribution in [-0.2, 0) is 11.3 Å². The molecule has 0 bridgehead atoms. The zero-order valence-electron chi connectivity index (χ0n) is 10.8. The Labute approximate surface area is 110 Å². The maximum absolute atomic E-state index is 12.9. The van der Waals surface area contributed by atoms with Crippen molar-refractivity contribution in [2.75, 3.05) is 0 Å². The average Bonchev–Trinajstić information content (AvgIpc) is 2.32. The van der Waals surface area contributed by atoms with Gasteiger partial charge in [0.15, 0.2) is 0 Å². The largest absolute Gasteiger partial charge is 0.480 e. The van der Waals surface area contributed by atoms with Gasteiger partial charge in [-0.1, -0.05) is 26.0 Å². The number of halogens is 1. The number of carboxylic acids is 1. The fourth-order valence-corrected chi connectivity index (χ4v) is 1.54. The second-order valence-corrected chi connectivity index (χ2v) is 4.52. The van der Waals surface area contributed by atoms with E-state index in [4.69, 9.17) is 5.11 Å². The Bertz CT molecular complexity index is 463. The molecule has 1 aromatic carbocycles. The van der Waals surface area contributed by atoms with E-state index in [1.165, 1.54) is 12.1 Å². The number of hydrogen-bond donors (Lipinski definition) is 3. The number of nitrogens with one attached hydrogen (secondary N) is 2. The molecular weight excluding hydrogens is 251 g/mol. The third kappa shape index (κ3) is 4.95. The summed E-state index contributed by atoms with van der Waals surface area (Å²) in [6, 6.07) is 4.27. The molecule has 0 aliphatic carbocycles. The number of carbonyl (C=O) groups excluding carboxylic acids is 1. The summed E-state index contributed by atoms with van der Waals surface area (Å²) in [5, 5.41) is 13.8. The van der Waals surface area contributed by atoms with E-state index in [2.05, 4.69) is 10.6 Å². The molecule has 1 atom stereocenters. The van der Waals surface area contributed by atoms with Crippen molar-refractivity contribution in [3.8, 4) is 0 Å². The molecule has 5 nitrogen and oxygen atoms in total. The van der Waals surface area contributed by atoms with Gasteiger partial charge in [0.1, 0.15) is 11.9 Å². The first kappa shape index (κ1) is 14.9. The number of amides is 2.